The minimum Gasteiger partial charge on any atom is -0.494 e. The summed E-state index contributed by atoms with van der Waals surface area (Å²) >= 11 is 1.27. The van der Waals surface area contributed by atoms with Crippen LogP contribution in [-0.4, -0.2) is 37.9 Å². The van der Waals surface area contributed by atoms with E-state index in [0.29, 0.717) is 32.5 Å². The zero-order valence-corrected chi connectivity index (χ0v) is 19.7. The molecule has 5 rings (SSSR count). The molecule has 0 aliphatic heterocycles. The van der Waals surface area contributed by atoms with Gasteiger partial charge in [-0.3, -0.25) is 20.1 Å². The SMILES string of the molecule is COc1cnc(C)cc1-c1cc(C)ncc1C(=O)Nc1nc2ncc(C3CC(C#N)C3)nc2s1. The molecule has 4 aromatic rings. The molecule has 34 heavy (non-hydrogen) atoms. The van der Waals surface area contributed by atoms with Crippen molar-refractivity contribution in [2.75, 3.05) is 12.4 Å². The second-order valence-corrected chi connectivity index (χ2v) is 9.27. The maximum atomic E-state index is 13.3. The Morgan fingerprint density at radius 3 is 2.56 bits per heavy atom. The third kappa shape index (κ3) is 4.06. The third-order valence-electron chi connectivity index (χ3n) is 5.90. The number of aryl methyl sites for hydroxylation is 2. The monoisotopic (exact) mass is 471 g/mol. The normalized spacial score (nSPS) is 17.1. The zero-order valence-electron chi connectivity index (χ0n) is 18.9. The van der Waals surface area contributed by atoms with Crippen LogP contribution in [0.2, 0.25) is 0 Å². The molecular weight excluding hydrogens is 450 g/mol. The van der Waals surface area contributed by atoms with E-state index in [0.717, 1.165) is 35.5 Å². The Bertz CT molecular complexity index is 1450. The lowest BCUT2D eigenvalue weighted by Gasteiger charge is -2.29. The van der Waals surface area contributed by atoms with Gasteiger partial charge in [0.05, 0.1) is 36.8 Å². The molecule has 1 amide bonds. The van der Waals surface area contributed by atoms with Crippen molar-refractivity contribution >= 4 is 32.9 Å². The summed E-state index contributed by atoms with van der Waals surface area (Å²) in [6, 6.07) is 6.03. The summed E-state index contributed by atoms with van der Waals surface area (Å²) in [6.07, 6.45) is 6.53. The molecule has 0 radical (unpaired) electrons. The van der Waals surface area contributed by atoms with Gasteiger partial charge in [0, 0.05) is 40.5 Å². The standard InChI is InChI=1S/C24H21N7O2S/c1-12-4-16(17-5-13(2)27-11-20(17)33-3)18(9-26-12)22(32)31-24-30-21-23(34-24)29-19(10-28-21)15-6-14(7-15)8-25/h4-5,9-11,14-15H,6-7H2,1-3H3,(H,28,30,31,32). The zero-order chi connectivity index (χ0) is 23.8. The van der Waals surface area contributed by atoms with Gasteiger partial charge < -0.3 is 4.74 Å². The van der Waals surface area contributed by atoms with Gasteiger partial charge in [-0.2, -0.15) is 10.2 Å². The molecule has 0 aromatic carbocycles. The fourth-order valence-electron chi connectivity index (χ4n) is 4.00. The minimum absolute atomic E-state index is 0.0962. The molecule has 0 spiro atoms. The van der Waals surface area contributed by atoms with Crippen molar-refractivity contribution in [1.82, 2.24) is 24.9 Å². The molecule has 10 heteroatoms. The minimum atomic E-state index is -0.339. The Morgan fingerprint density at radius 2 is 1.82 bits per heavy atom. The highest BCUT2D eigenvalue weighted by atomic mass is 32.1. The quantitative estimate of drug-likeness (QED) is 0.453. The van der Waals surface area contributed by atoms with Crippen LogP contribution in [0.25, 0.3) is 21.6 Å². The molecule has 0 unspecified atom stereocenters. The molecular formula is C24H21N7O2S. The average molecular weight is 472 g/mol. The number of ether oxygens (including phenoxy) is 1. The molecule has 170 valence electrons. The van der Waals surface area contributed by atoms with Gasteiger partial charge in [0.1, 0.15) is 5.75 Å². The van der Waals surface area contributed by atoms with Crippen molar-refractivity contribution in [3.63, 3.8) is 0 Å². The highest BCUT2D eigenvalue weighted by molar-refractivity contribution is 7.21. The van der Waals surface area contributed by atoms with E-state index in [1.807, 2.05) is 26.0 Å². The number of pyridine rings is 2. The van der Waals surface area contributed by atoms with Crippen LogP contribution >= 0.6 is 11.3 Å². The topological polar surface area (TPSA) is 127 Å². The molecule has 1 aliphatic carbocycles. The van der Waals surface area contributed by atoms with E-state index < -0.39 is 0 Å². The largest absolute Gasteiger partial charge is 0.494 e. The number of rotatable bonds is 5. The summed E-state index contributed by atoms with van der Waals surface area (Å²) in [5.41, 5.74) is 4.79. The Morgan fingerprint density at radius 1 is 1.09 bits per heavy atom. The summed E-state index contributed by atoms with van der Waals surface area (Å²) in [5, 5.41) is 12.3. The first-order chi connectivity index (χ1) is 16.4. The van der Waals surface area contributed by atoms with Crippen molar-refractivity contribution in [2.45, 2.75) is 32.6 Å². The summed E-state index contributed by atoms with van der Waals surface area (Å²) in [5.74, 6) is 0.579. The lowest BCUT2D eigenvalue weighted by molar-refractivity contribution is 0.102. The summed E-state index contributed by atoms with van der Waals surface area (Å²) < 4.78 is 5.49. The van der Waals surface area contributed by atoms with E-state index in [2.05, 4.69) is 36.3 Å². The van der Waals surface area contributed by atoms with Crippen LogP contribution in [-0.2, 0) is 0 Å². The molecule has 0 bridgehead atoms. The van der Waals surface area contributed by atoms with Crippen molar-refractivity contribution in [3.8, 4) is 22.9 Å². The van der Waals surface area contributed by atoms with E-state index in [1.165, 1.54) is 11.3 Å². The van der Waals surface area contributed by atoms with E-state index in [1.54, 1.807) is 25.7 Å². The first-order valence-corrected chi connectivity index (χ1v) is 11.6. The molecule has 4 aromatic heterocycles. The number of anilines is 1. The Hall–Kier alpha value is -3.97. The van der Waals surface area contributed by atoms with Gasteiger partial charge in [-0.1, -0.05) is 11.3 Å². The number of hydrogen-bond acceptors (Lipinski definition) is 9. The van der Waals surface area contributed by atoms with Crippen molar-refractivity contribution in [2.24, 2.45) is 5.92 Å². The van der Waals surface area contributed by atoms with Crippen LogP contribution in [0.1, 0.15) is 46.2 Å². The molecule has 0 atom stereocenters. The lowest BCUT2D eigenvalue weighted by Crippen LogP contribution is -2.21. The fourth-order valence-corrected chi connectivity index (χ4v) is 4.80. The van der Waals surface area contributed by atoms with E-state index in [9.17, 15) is 4.79 Å². The first kappa shape index (κ1) is 21.9. The average Bonchev–Trinajstić information content (AvgIpc) is 3.19. The molecule has 1 aliphatic rings. The molecule has 0 saturated heterocycles. The number of amides is 1. The predicted molar refractivity (Wildman–Crippen MR) is 128 cm³/mol. The van der Waals surface area contributed by atoms with E-state index >= 15 is 0 Å². The summed E-state index contributed by atoms with van der Waals surface area (Å²) in [7, 11) is 1.57. The Kier molecular flexibility index (Phi) is 5.63. The Balaban J connectivity index is 1.44. The summed E-state index contributed by atoms with van der Waals surface area (Å²) in [4.78, 5) is 36.0. The number of nitriles is 1. The van der Waals surface area contributed by atoms with Crippen molar-refractivity contribution in [3.05, 3.63) is 53.4 Å². The van der Waals surface area contributed by atoms with Crippen molar-refractivity contribution < 1.29 is 9.53 Å². The molecule has 4 heterocycles. The highest BCUT2D eigenvalue weighted by Crippen LogP contribution is 2.41. The second-order valence-electron chi connectivity index (χ2n) is 8.29. The number of methoxy groups -OCH3 is 1. The number of nitrogens with one attached hydrogen (secondary N) is 1. The van der Waals surface area contributed by atoms with Crippen LogP contribution in [0, 0.1) is 31.1 Å². The molecule has 1 saturated carbocycles. The molecule has 9 nitrogen and oxygen atoms in total. The number of nitrogens with zero attached hydrogens (tertiary/aromatic N) is 6. The summed E-state index contributed by atoms with van der Waals surface area (Å²) in [6.45, 7) is 3.76. The van der Waals surface area contributed by atoms with Crippen LogP contribution in [0.4, 0.5) is 5.13 Å². The van der Waals surface area contributed by atoms with Gasteiger partial charge in [0.2, 0.25) is 0 Å². The van der Waals surface area contributed by atoms with Crippen LogP contribution in [0.15, 0.2) is 30.7 Å². The first-order valence-electron chi connectivity index (χ1n) is 10.8. The highest BCUT2D eigenvalue weighted by Gasteiger charge is 2.31. The maximum absolute atomic E-state index is 13.3. The second kappa shape index (κ2) is 8.76. The van der Waals surface area contributed by atoms with Crippen molar-refractivity contribution in [1.29, 1.82) is 5.26 Å². The molecule has 1 fully saturated rings. The van der Waals surface area contributed by atoms with Gasteiger partial charge in [0.15, 0.2) is 15.6 Å². The van der Waals surface area contributed by atoms with Gasteiger partial charge in [-0.15, -0.1) is 0 Å². The van der Waals surface area contributed by atoms with Gasteiger partial charge in [0.25, 0.3) is 5.91 Å². The van der Waals surface area contributed by atoms with Crippen LogP contribution in [0.5, 0.6) is 5.75 Å². The predicted octanol–water partition coefficient (Wildman–Crippen LogP) is 4.44. The number of carbonyl (C=O) groups is 1. The lowest BCUT2D eigenvalue weighted by atomic mass is 9.74. The fraction of sp³-hybridized carbons (Fsp3) is 0.292. The maximum Gasteiger partial charge on any atom is 0.259 e. The van der Waals surface area contributed by atoms with Crippen LogP contribution < -0.4 is 10.1 Å². The molecule has 1 N–H and O–H groups in total. The number of carbonyl (C=O) groups excluding carboxylic acids is 1. The number of hydrogen-bond donors (Lipinski definition) is 1. The number of aromatic nitrogens is 5. The Labute approximate surface area is 199 Å². The van der Waals surface area contributed by atoms with Crippen LogP contribution in [0.3, 0.4) is 0 Å². The van der Waals surface area contributed by atoms with E-state index in [4.69, 9.17) is 10.00 Å². The third-order valence-corrected chi connectivity index (χ3v) is 6.75. The van der Waals surface area contributed by atoms with Gasteiger partial charge in [-0.05, 0) is 38.8 Å². The number of thiazole rings is 1. The van der Waals surface area contributed by atoms with Gasteiger partial charge in [-0.25, -0.2) is 9.97 Å². The smallest absolute Gasteiger partial charge is 0.259 e. The number of fused-ring (bicyclic) bond motifs is 1. The van der Waals surface area contributed by atoms with E-state index in [-0.39, 0.29) is 17.7 Å². The van der Waals surface area contributed by atoms with Gasteiger partial charge >= 0.3 is 0 Å².